The van der Waals surface area contributed by atoms with Crippen LogP contribution in [0.3, 0.4) is 0 Å². The molecule has 1 unspecified atom stereocenters. The summed E-state index contributed by atoms with van der Waals surface area (Å²) >= 11 is 3.24. The number of methoxy groups -OCH3 is 1. The van der Waals surface area contributed by atoms with Gasteiger partial charge < -0.3 is 9.47 Å². The minimum absolute atomic E-state index is 0.127. The number of halogens is 4. The number of benzene rings is 1. The van der Waals surface area contributed by atoms with Crippen molar-refractivity contribution in [1.29, 1.82) is 0 Å². The zero-order chi connectivity index (χ0) is 13.1. The van der Waals surface area contributed by atoms with Gasteiger partial charge in [0.25, 0.3) is 0 Å². The Morgan fingerprint density at radius 2 is 2.00 bits per heavy atom. The molecule has 0 fully saturated rings. The first-order valence-electron chi connectivity index (χ1n) is 4.85. The largest absolute Gasteiger partial charge is 0.497 e. The molecule has 0 aromatic heterocycles. The fraction of sp³-hybridized carbons (Fsp3) is 0.455. The third-order valence-corrected chi connectivity index (χ3v) is 2.98. The zero-order valence-corrected chi connectivity index (χ0v) is 10.9. The summed E-state index contributed by atoms with van der Waals surface area (Å²) in [5.41, 5.74) is 0.612. The van der Waals surface area contributed by atoms with Crippen LogP contribution in [-0.2, 0) is 11.3 Å². The van der Waals surface area contributed by atoms with E-state index in [-0.39, 0.29) is 6.61 Å². The van der Waals surface area contributed by atoms with Crippen molar-refractivity contribution in [2.75, 3.05) is 7.11 Å². The highest BCUT2D eigenvalue weighted by atomic mass is 79.9. The van der Waals surface area contributed by atoms with Gasteiger partial charge in [-0.3, -0.25) is 0 Å². The maximum absolute atomic E-state index is 12.2. The fourth-order valence-corrected chi connectivity index (χ4v) is 1.46. The molecule has 1 aromatic rings. The summed E-state index contributed by atoms with van der Waals surface area (Å²) in [7, 11) is 1.49. The van der Waals surface area contributed by atoms with Crippen LogP contribution in [0.5, 0.6) is 5.75 Å². The first-order valence-corrected chi connectivity index (χ1v) is 5.64. The summed E-state index contributed by atoms with van der Waals surface area (Å²) in [4.78, 5) is 0. The molecule has 0 aliphatic carbocycles. The van der Waals surface area contributed by atoms with Crippen LogP contribution in [0.2, 0.25) is 0 Å². The molecule has 0 saturated heterocycles. The molecule has 0 spiro atoms. The Kier molecular flexibility index (Phi) is 4.82. The third-order valence-electron chi connectivity index (χ3n) is 2.20. The lowest BCUT2D eigenvalue weighted by atomic mass is 10.2. The highest BCUT2D eigenvalue weighted by Gasteiger charge is 2.36. The number of hydrogen-bond donors (Lipinski definition) is 0. The van der Waals surface area contributed by atoms with Crippen molar-refractivity contribution >= 4 is 15.9 Å². The average Bonchev–Trinajstić information content (AvgIpc) is 2.26. The molecule has 0 heterocycles. The quantitative estimate of drug-likeness (QED) is 0.839. The minimum Gasteiger partial charge on any atom is -0.497 e. The Morgan fingerprint density at radius 1 is 1.35 bits per heavy atom. The molecular weight excluding hydrogens is 301 g/mol. The van der Waals surface area contributed by atoms with Crippen LogP contribution >= 0.6 is 15.9 Å². The van der Waals surface area contributed by atoms with Crippen LogP contribution in [0, 0.1) is 0 Å². The minimum atomic E-state index is -4.34. The zero-order valence-electron chi connectivity index (χ0n) is 9.34. The molecule has 2 nitrogen and oxygen atoms in total. The molecule has 0 N–H and O–H groups in total. The third kappa shape index (κ3) is 4.20. The van der Waals surface area contributed by atoms with E-state index in [1.165, 1.54) is 7.11 Å². The van der Waals surface area contributed by atoms with Gasteiger partial charge in [0.2, 0.25) is 0 Å². The van der Waals surface area contributed by atoms with E-state index < -0.39 is 12.3 Å². The van der Waals surface area contributed by atoms with Gasteiger partial charge >= 0.3 is 6.18 Å². The van der Waals surface area contributed by atoms with Crippen molar-refractivity contribution in [2.45, 2.75) is 25.8 Å². The highest BCUT2D eigenvalue weighted by molar-refractivity contribution is 9.10. The standard InChI is InChI=1S/C11H12BrF3O2/c1-7(11(13,14)15)17-6-8-5-9(16-2)3-4-10(8)12/h3-5,7H,6H2,1-2H3. The van der Waals surface area contributed by atoms with Gasteiger partial charge in [0, 0.05) is 4.47 Å². The second-order valence-electron chi connectivity index (χ2n) is 3.45. The smallest absolute Gasteiger partial charge is 0.414 e. The first-order chi connectivity index (χ1) is 7.84. The normalized spacial score (nSPS) is 13.5. The molecule has 17 heavy (non-hydrogen) atoms. The second-order valence-corrected chi connectivity index (χ2v) is 4.31. The lowest BCUT2D eigenvalue weighted by Crippen LogP contribution is -2.28. The van der Waals surface area contributed by atoms with Crippen LogP contribution in [0.15, 0.2) is 22.7 Å². The molecule has 96 valence electrons. The summed E-state index contributed by atoms with van der Waals surface area (Å²) in [5.74, 6) is 0.575. The molecule has 1 atom stereocenters. The number of hydrogen-bond acceptors (Lipinski definition) is 2. The molecule has 6 heteroatoms. The van der Waals surface area contributed by atoms with Gasteiger partial charge in [-0.05, 0) is 30.7 Å². The second kappa shape index (κ2) is 5.73. The number of rotatable bonds is 4. The number of ether oxygens (including phenoxy) is 2. The average molecular weight is 313 g/mol. The van der Waals surface area contributed by atoms with E-state index in [1.54, 1.807) is 18.2 Å². The van der Waals surface area contributed by atoms with Gasteiger partial charge in [0.05, 0.1) is 13.7 Å². The van der Waals surface area contributed by atoms with E-state index in [1.807, 2.05) is 0 Å². The van der Waals surface area contributed by atoms with Crippen LogP contribution < -0.4 is 4.74 Å². The fourth-order valence-electron chi connectivity index (χ4n) is 1.10. The molecule has 1 rings (SSSR count). The Balaban J connectivity index is 2.69. The van der Waals surface area contributed by atoms with Gasteiger partial charge in [-0.2, -0.15) is 13.2 Å². The van der Waals surface area contributed by atoms with E-state index in [2.05, 4.69) is 15.9 Å². The first kappa shape index (κ1) is 14.3. The van der Waals surface area contributed by atoms with E-state index in [0.717, 1.165) is 6.92 Å². The predicted molar refractivity (Wildman–Crippen MR) is 61.0 cm³/mol. The topological polar surface area (TPSA) is 18.5 Å². The van der Waals surface area contributed by atoms with Gasteiger partial charge in [0.15, 0.2) is 6.10 Å². The van der Waals surface area contributed by atoms with Crippen LogP contribution in [0.25, 0.3) is 0 Å². The Hall–Kier alpha value is -0.750. The monoisotopic (exact) mass is 312 g/mol. The SMILES string of the molecule is COc1ccc(Br)c(COC(C)C(F)(F)F)c1. The van der Waals surface area contributed by atoms with Crippen molar-refractivity contribution in [3.8, 4) is 5.75 Å². The Bertz CT molecular complexity index is 379. The summed E-state index contributed by atoms with van der Waals surface area (Å²) in [5, 5.41) is 0. The maximum atomic E-state index is 12.2. The van der Waals surface area contributed by atoms with Crippen molar-refractivity contribution < 1.29 is 22.6 Å². The molecule has 0 radical (unpaired) electrons. The van der Waals surface area contributed by atoms with Crippen LogP contribution in [-0.4, -0.2) is 19.4 Å². The molecule has 1 aromatic carbocycles. The van der Waals surface area contributed by atoms with Crippen molar-refractivity contribution in [1.82, 2.24) is 0 Å². The molecule has 0 amide bonds. The lowest BCUT2D eigenvalue weighted by Gasteiger charge is -2.17. The molecule has 0 aliphatic rings. The van der Waals surface area contributed by atoms with Crippen molar-refractivity contribution in [3.63, 3.8) is 0 Å². The summed E-state index contributed by atoms with van der Waals surface area (Å²) in [6.45, 7) is 0.854. The summed E-state index contributed by atoms with van der Waals surface area (Å²) < 4.78 is 47.1. The molecule has 0 saturated carbocycles. The van der Waals surface area contributed by atoms with Crippen LogP contribution in [0.1, 0.15) is 12.5 Å². The van der Waals surface area contributed by atoms with Crippen molar-refractivity contribution in [3.05, 3.63) is 28.2 Å². The molecule has 0 aliphatic heterocycles. The summed E-state index contributed by atoms with van der Waals surface area (Å²) in [6, 6.07) is 5.05. The van der Waals surface area contributed by atoms with E-state index in [0.29, 0.717) is 15.8 Å². The summed E-state index contributed by atoms with van der Waals surface area (Å²) in [6.07, 6.45) is -6.13. The Labute approximate surface area is 106 Å². The highest BCUT2D eigenvalue weighted by Crippen LogP contribution is 2.26. The van der Waals surface area contributed by atoms with E-state index in [9.17, 15) is 13.2 Å². The molecule has 0 bridgehead atoms. The van der Waals surface area contributed by atoms with Crippen molar-refractivity contribution in [2.24, 2.45) is 0 Å². The van der Waals surface area contributed by atoms with Gasteiger partial charge in [-0.25, -0.2) is 0 Å². The van der Waals surface area contributed by atoms with Gasteiger partial charge in [-0.15, -0.1) is 0 Å². The Morgan fingerprint density at radius 3 is 2.53 bits per heavy atom. The van der Waals surface area contributed by atoms with E-state index >= 15 is 0 Å². The molecular formula is C11H12BrF3O2. The van der Waals surface area contributed by atoms with Gasteiger partial charge in [-0.1, -0.05) is 15.9 Å². The lowest BCUT2D eigenvalue weighted by molar-refractivity contribution is -0.217. The number of alkyl halides is 3. The maximum Gasteiger partial charge on any atom is 0.414 e. The van der Waals surface area contributed by atoms with E-state index in [4.69, 9.17) is 9.47 Å². The van der Waals surface area contributed by atoms with Gasteiger partial charge in [0.1, 0.15) is 5.75 Å². The predicted octanol–water partition coefficient (Wildman–Crippen LogP) is 3.93. The van der Waals surface area contributed by atoms with Crippen LogP contribution in [0.4, 0.5) is 13.2 Å².